The molecule has 0 amide bonds. The average Bonchev–Trinajstić information content (AvgIpc) is 2.20. The highest BCUT2D eigenvalue weighted by atomic mass is 16.6. The Morgan fingerprint density at radius 3 is 2.50 bits per heavy atom. The van der Waals surface area contributed by atoms with Gasteiger partial charge in [0.25, 0.3) is 5.69 Å². The van der Waals surface area contributed by atoms with Crippen molar-refractivity contribution in [2.24, 2.45) is 0 Å². The fourth-order valence-electron chi connectivity index (χ4n) is 1.10. The molecule has 0 saturated carbocycles. The number of benzene rings is 1. The molecule has 0 radical (unpaired) electrons. The molecule has 2 N–H and O–H groups in total. The summed E-state index contributed by atoms with van der Waals surface area (Å²) in [5, 5.41) is 20.9. The first-order valence-electron chi connectivity index (χ1n) is 4.28. The Labute approximate surface area is 90.5 Å². The van der Waals surface area contributed by atoms with Crippen molar-refractivity contribution in [3.8, 4) is 0 Å². The van der Waals surface area contributed by atoms with Crippen molar-refractivity contribution in [2.75, 3.05) is 5.73 Å². The van der Waals surface area contributed by atoms with Crippen molar-refractivity contribution in [1.82, 2.24) is 0 Å². The predicted octanol–water partition coefficient (Wildman–Crippen LogP) is 1.81. The number of anilines is 1. The van der Waals surface area contributed by atoms with Crippen LogP contribution < -0.4 is 5.73 Å². The zero-order chi connectivity index (χ0) is 12.3. The van der Waals surface area contributed by atoms with Gasteiger partial charge in [0, 0.05) is 19.1 Å². The Kier molecular flexibility index (Phi) is 3.19. The lowest BCUT2D eigenvalue weighted by Gasteiger charge is -1.98. The first-order chi connectivity index (χ1) is 7.41. The Morgan fingerprint density at radius 2 is 2.00 bits per heavy atom. The molecule has 0 aliphatic rings. The van der Waals surface area contributed by atoms with E-state index in [-0.39, 0.29) is 17.1 Å². The van der Waals surface area contributed by atoms with Crippen molar-refractivity contribution in [1.29, 1.82) is 0 Å². The normalized spacial score (nSPS) is 11.2. The molecule has 0 aliphatic carbocycles. The molecule has 1 aromatic rings. The molecule has 0 heterocycles. The molecular weight excluding hydrogens is 214 g/mol. The van der Waals surface area contributed by atoms with Crippen molar-refractivity contribution in [3.05, 3.63) is 49.7 Å². The fourth-order valence-corrected chi connectivity index (χ4v) is 1.10. The van der Waals surface area contributed by atoms with Crippen LogP contribution in [0.25, 0.3) is 6.08 Å². The molecule has 0 unspecified atom stereocenters. The Balaban J connectivity index is 3.18. The van der Waals surface area contributed by atoms with Crippen LogP contribution in [0.15, 0.2) is 23.9 Å². The first-order valence-corrected chi connectivity index (χ1v) is 4.28. The van der Waals surface area contributed by atoms with E-state index >= 15 is 0 Å². The molecule has 0 aromatic heterocycles. The maximum Gasteiger partial charge on any atom is 0.292 e. The van der Waals surface area contributed by atoms with Crippen LogP contribution in [0.3, 0.4) is 0 Å². The van der Waals surface area contributed by atoms with Gasteiger partial charge in [-0.3, -0.25) is 20.2 Å². The summed E-state index contributed by atoms with van der Waals surface area (Å²) < 4.78 is 0. The number of nitrogen functional groups attached to an aromatic ring is 1. The van der Waals surface area contributed by atoms with Crippen molar-refractivity contribution >= 4 is 17.5 Å². The summed E-state index contributed by atoms with van der Waals surface area (Å²) in [7, 11) is 0. The second-order valence-electron chi connectivity index (χ2n) is 3.12. The average molecular weight is 223 g/mol. The van der Waals surface area contributed by atoms with Crippen LogP contribution in [0, 0.1) is 20.2 Å². The van der Waals surface area contributed by atoms with E-state index in [9.17, 15) is 20.2 Å². The number of rotatable bonds is 3. The van der Waals surface area contributed by atoms with E-state index in [0.717, 1.165) is 0 Å². The van der Waals surface area contributed by atoms with Crippen LogP contribution in [0.4, 0.5) is 11.4 Å². The minimum absolute atomic E-state index is 0.0286. The van der Waals surface area contributed by atoms with Gasteiger partial charge in [0.1, 0.15) is 5.69 Å². The van der Waals surface area contributed by atoms with Crippen LogP contribution in [0.2, 0.25) is 0 Å². The number of allylic oxidation sites excluding steroid dienone is 1. The molecule has 0 spiro atoms. The van der Waals surface area contributed by atoms with E-state index in [0.29, 0.717) is 5.56 Å². The van der Waals surface area contributed by atoms with Gasteiger partial charge >= 0.3 is 0 Å². The summed E-state index contributed by atoms with van der Waals surface area (Å²) in [6, 6.07) is 4.02. The number of nitrogens with two attached hydrogens (primary N) is 1. The molecule has 0 saturated heterocycles. The highest BCUT2D eigenvalue weighted by Crippen LogP contribution is 2.23. The molecular formula is C9H9N3O4. The lowest BCUT2D eigenvalue weighted by atomic mass is 10.1. The lowest BCUT2D eigenvalue weighted by Crippen LogP contribution is -1.97. The monoisotopic (exact) mass is 223 g/mol. The zero-order valence-electron chi connectivity index (χ0n) is 8.41. The summed E-state index contributed by atoms with van der Waals surface area (Å²) in [5.74, 6) is 0. The maximum atomic E-state index is 10.6. The summed E-state index contributed by atoms with van der Waals surface area (Å²) >= 11 is 0. The fraction of sp³-hybridized carbons (Fsp3) is 0.111. The smallest absolute Gasteiger partial charge is 0.292 e. The van der Waals surface area contributed by atoms with Gasteiger partial charge in [-0.05, 0) is 11.6 Å². The third-order valence-electron chi connectivity index (χ3n) is 1.91. The van der Waals surface area contributed by atoms with Gasteiger partial charge in [0.05, 0.1) is 9.85 Å². The van der Waals surface area contributed by atoms with Gasteiger partial charge < -0.3 is 5.73 Å². The standard InChI is InChI=1S/C9H9N3O4/c1-6(11(13)14)4-7-2-3-8(10)9(5-7)12(15)16/h2-5H,10H2,1H3/b6-4-. The van der Waals surface area contributed by atoms with E-state index in [2.05, 4.69) is 0 Å². The van der Waals surface area contributed by atoms with E-state index in [1.807, 2.05) is 0 Å². The predicted molar refractivity (Wildman–Crippen MR) is 58.2 cm³/mol. The van der Waals surface area contributed by atoms with E-state index in [1.54, 1.807) is 0 Å². The summed E-state index contributed by atoms with van der Waals surface area (Å²) in [5.41, 5.74) is 5.43. The maximum absolute atomic E-state index is 10.6. The number of hydrogen-bond acceptors (Lipinski definition) is 5. The van der Waals surface area contributed by atoms with Crippen LogP contribution in [0.5, 0.6) is 0 Å². The van der Waals surface area contributed by atoms with Gasteiger partial charge in [0.15, 0.2) is 0 Å². The van der Waals surface area contributed by atoms with Gasteiger partial charge in [0.2, 0.25) is 5.70 Å². The van der Waals surface area contributed by atoms with E-state index in [4.69, 9.17) is 5.73 Å². The number of hydrogen-bond donors (Lipinski definition) is 1. The molecule has 84 valence electrons. The lowest BCUT2D eigenvalue weighted by molar-refractivity contribution is -0.422. The Hall–Kier alpha value is -2.44. The molecule has 0 atom stereocenters. The van der Waals surface area contributed by atoms with Crippen LogP contribution in [0.1, 0.15) is 12.5 Å². The third kappa shape index (κ3) is 2.53. The van der Waals surface area contributed by atoms with Crippen molar-refractivity contribution in [3.63, 3.8) is 0 Å². The number of nitrogens with zero attached hydrogens (tertiary/aromatic N) is 2. The second-order valence-corrected chi connectivity index (χ2v) is 3.12. The topological polar surface area (TPSA) is 112 Å². The van der Waals surface area contributed by atoms with Gasteiger partial charge in [-0.15, -0.1) is 0 Å². The summed E-state index contributed by atoms with van der Waals surface area (Å²) in [4.78, 5) is 19.7. The van der Waals surface area contributed by atoms with Crippen molar-refractivity contribution < 1.29 is 9.85 Å². The quantitative estimate of drug-likeness (QED) is 0.477. The number of nitro groups is 2. The Morgan fingerprint density at radius 1 is 1.38 bits per heavy atom. The molecule has 16 heavy (non-hydrogen) atoms. The molecule has 0 fully saturated rings. The molecule has 0 aliphatic heterocycles. The minimum atomic E-state index is -0.631. The summed E-state index contributed by atoms with van der Waals surface area (Å²) in [6.45, 7) is 1.31. The SMILES string of the molecule is C/C(=C/c1ccc(N)c([N+](=O)[O-])c1)[N+](=O)[O-]. The number of nitro benzene ring substituents is 1. The third-order valence-corrected chi connectivity index (χ3v) is 1.91. The molecule has 1 rings (SSSR count). The molecule has 7 nitrogen and oxygen atoms in total. The highest BCUT2D eigenvalue weighted by Gasteiger charge is 2.12. The molecule has 7 heteroatoms. The van der Waals surface area contributed by atoms with E-state index in [1.165, 1.54) is 31.2 Å². The zero-order valence-corrected chi connectivity index (χ0v) is 8.41. The van der Waals surface area contributed by atoms with Crippen LogP contribution in [-0.4, -0.2) is 9.85 Å². The first kappa shape index (κ1) is 11.6. The van der Waals surface area contributed by atoms with Gasteiger partial charge in [-0.2, -0.15) is 0 Å². The molecule has 1 aromatic carbocycles. The second kappa shape index (κ2) is 4.39. The van der Waals surface area contributed by atoms with Gasteiger partial charge in [-0.25, -0.2) is 0 Å². The van der Waals surface area contributed by atoms with Crippen LogP contribution >= 0.6 is 0 Å². The summed E-state index contributed by atoms with van der Waals surface area (Å²) in [6.07, 6.45) is 1.24. The van der Waals surface area contributed by atoms with Crippen LogP contribution in [-0.2, 0) is 0 Å². The van der Waals surface area contributed by atoms with Gasteiger partial charge in [-0.1, -0.05) is 6.07 Å². The Bertz CT molecular complexity index is 482. The minimum Gasteiger partial charge on any atom is -0.393 e. The molecule has 0 bridgehead atoms. The van der Waals surface area contributed by atoms with Crippen molar-refractivity contribution in [2.45, 2.75) is 6.92 Å². The highest BCUT2D eigenvalue weighted by molar-refractivity contribution is 5.65. The van der Waals surface area contributed by atoms with E-state index < -0.39 is 9.85 Å². The largest absolute Gasteiger partial charge is 0.393 e.